The number of likely N-dealkylation sites (tertiary alicyclic amines) is 1. The van der Waals surface area contributed by atoms with Crippen LogP contribution in [0.1, 0.15) is 22.5 Å². The van der Waals surface area contributed by atoms with Crippen molar-refractivity contribution in [1.29, 1.82) is 0 Å². The molecule has 1 aromatic carbocycles. The number of primary sulfonamides is 1. The van der Waals surface area contributed by atoms with E-state index in [9.17, 15) is 18.0 Å². The lowest BCUT2D eigenvalue weighted by Gasteiger charge is -2.31. The maximum absolute atomic E-state index is 12.4. The number of hydrogen-bond donors (Lipinski definition) is 2. The maximum Gasteiger partial charge on any atom is 0.263 e. The summed E-state index contributed by atoms with van der Waals surface area (Å²) >= 11 is 7.12. The molecule has 3 rings (SSSR count). The van der Waals surface area contributed by atoms with Gasteiger partial charge in [-0.1, -0.05) is 11.6 Å². The van der Waals surface area contributed by atoms with Gasteiger partial charge in [-0.25, -0.2) is 13.6 Å². The van der Waals surface area contributed by atoms with Crippen molar-refractivity contribution < 1.29 is 18.0 Å². The highest BCUT2D eigenvalue weighted by Gasteiger charge is 2.28. The molecule has 1 aromatic heterocycles. The predicted molar refractivity (Wildman–Crippen MR) is 104 cm³/mol. The molecule has 0 radical (unpaired) electrons. The molecule has 1 aliphatic heterocycles. The van der Waals surface area contributed by atoms with Crippen LogP contribution in [0, 0.1) is 5.92 Å². The Hall–Kier alpha value is -1.94. The fourth-order valence-electron chi connectivity index (χ4n) is 2.90. The van der Waals surface area contributed by atoms with E-state index >= 15 is 0 Å². The molecule has 0 spiro atoms. The van der Waals surface area contributed by atoms with Gasteiger partial charge >= 0.3 is 0 Å². The number of benzene rings is 1. The number of rotatable bonds is 4. The minimum absolute atomic E-state index is 0.0130. The van der Waals surface area contributed by atoms with Gasteiger partial charge in [0, 0.05) is 24.7 Å². The van der Waals surface area contributed by atoms with Crippen molar-refractivity contribution in [3.8, 4) is 0 Å². The van der Waals surface area contributed by atoms with E-state index < -0.39 is 10.0 Å². The van der Waals surface area contributed by atoms with Crippen LogP contribution < -0.4 is 10.5 Å². The molecule has 7 nitrogen and oxygen atoms in total. The Morgan fingerprint density at radius 2 is 1.74 bits per heavy atom. The fourth-order valence-corrected chi connectivity index (χ4v) is 4.43. The topological polar surface area (TPSA) is 110 Å². The minimum atomic E-state index is -3.76. The molecule has 0 saturated carbocycles. The Morgan fingerprint density at radius 1 is 1.11 bits per heavy atom. The van der Waals surface area contributed by atoms with Crippen LogP contribution in [0.2, 0.25) is 4.34 Å². The summed E-state index contributed by atoms with van der Waals surface area (Å²) in [6.07, 6.45) is 1.12. The molecule has 2 aromatic rings. The van der Waals surface area contributed by atoms with E-state index in [0.29, 0.717) is 40.8 Å². The SMILES string of the molecule is NS(=O)(=O)c1ccc(NC(=O)C2CCN(C(=O)c3ccc(Cl)s3)CC2)cc1. The number of carbonyl (C=O) groups excluding carboxylic acids is 2. The first kappa shape index (κ1) is 19.8. The summed E-state index contributed by atoms with van der Waals surface area (Å²) in [7, 11) is -3.76. The summed E-state index contributed by atoms with van der Waals surface area (Å²) in [5.74, 6) is -0.423. The third kappa shape index (κ3) is 4.86. The molecular weight excluding hydrogens is 410 g/mol. The molecule has 2 heterocycles. The summed E-state index contributed by atoms with van der Waals surface area (Å²) < 4.78 is 23.1. The Kier molecular flexibility index (Phi) is 5.85. The first-order valence-corrected chi connectivity index (χ1v) is 11.0. The van der Waals surface area contributed by atoms with Gasteiger partial charge in [-0.05, 0) is 49.2 Å². The number of hydrogen-bond acceptors (Lipinski definition) is 5. The summed E-state index contributed by atoms with van der Waals surface area (Å²) in [5, 5.41) is 7.83. The average molecular weight is 428 g/mol. The summed E-state index contributed by atoms with van der Waals surface area (Å²) in [6.45, 7) is 0.994. The van der Waals surface area contributed by atoms with E-state index in [0.717, 1.165) is 0 Å². The van der Waals surface area contributed by atoms with Crippen molar-refractivity contribution in [2.24, 2.45) is 11.1 Å². The normalized spacial score (nSPS) is 15.6. The number of piperidine rings is 1. The zero-order chi connectivity index (χ0) is 19.6. The van der Waals surface area contributed by atoms with E-state index in [1.165, 1.54) is 35.6 Å². The minimum Gasteiger partial charge on any atom is -0.338 e. The van der Waals surface area contributed by atoms with E-state index in [-0.39, 0.29) is 22.6 Å². The third-order valence-corrected chi connectivity index (χ3v) is 6.54. The van der Waals surface area contributed by atoms with Gasteiger partial charge in [-0.15, -0.1) is 11.3 Å². The van der Waals surface area contributed by atoms with Gasteiger partial charge in [0.1, 0.15) is 0 Å². The van der Waals surface area contributed by atoms with E-state index in [1.54, 1.807) is 17.0 Å². The second kappa shape index (κ2) is 7.97. The molecule has 1 aliphatic rings. The van der Waals surface area contributed by atoms with Crippen LogP contribution in [0.15, 0.2) is 41.3 Å². The van der Waals surface area contributed by atoms with Gasteiger partial charge in [0.05, 0.1) is 14.1 Å². The third-order valence-electron chi connectivity index (χ3n) is 4.39. The van der Waals surface area contributed by atoms with Gasteiger partial charge in [0.25, 0.3) is 5.91 Å². The molecule has 0 bridgehead atoms. The molecule has 1 saturated heterocycles. The van der Waals surface area contributed by atoms with Crippen molar-refractivity contribution in [3.05, 3.63) is 45.6 Å². The van der Waals surface area contributed by atoms with Crippen molar-refractivity contribution in [2.75, 3.05) is 18.4 Å². The predicted octanol–water partition coefficient (Wildman–Crippen LogP) is 2.54. The quantitative estimate of drug-likeness (QED) is 0.781. The molecule has 3 N–H and O–H groups in total. The Labute approximate surface area is 166 Å². The van der Waals surface area contributed by atoms with Gasteiger partial charge in [-0.3, -0.25) is 9.59 Å². The lowest BCUT2D eigenvalue weighted by Crippen LogP contribution is -2.41. The molecule has 0 unspecified atom stereocenters. The van der Waals surface area contributed by atoms with E-state index in [1.807, 2.05) is 0 Å². The van der Waals surface area contributed by atoms with E-state index in [4.69, 9.17) is 16.7 Å². The smallest absolute Gasteiger partial charge is 0.263 e. The average Bonchev–Trinajstić information content (AvgIpc) is 3.07. The Morgan fingerprint density at radius 3 is 2.26 bits per heavy atom. The largest absolute Gasteiger partial charge is 0.338 e. The number of nitrogens with one attached hydrogen (secondary N) is 1. The monoisotopic (exact) mass is 427 g/mol. The van der Waals surface area contributed by atoms with Gasteiger partial charge in [0.15, 0.2) is 0 Å². The Balaban J connectivity index is 1.55. The zero-order valence-corrected chi connectivity index (χ0v) is 16.6. The maximum atomic E-state index is 12.4. The highest BCUT2D eigenvalue weighted by Crippen LogP contribution is 2.26. The number of halogens is 1. The number of sulfonamides is 1. The lowest BCUT2D eigenvalue weighted by atomic mass is 9.95. The van der Waals surface area contributed by atoms with Crippen LogP contribution in [0.5, 0.6) is 0 Å². The summed E-state index contributed by atoms with van der Waals surface area (Å²) in [5.41, 5.74) is 0.499. The van der Waals surface area contributed by atoms with Crippen LogP contribution in [0.25, 0.3) is 0 Å². The van der Waals surface area contributed by atoms with Crippen LogP contribution in [0.4, 0.5) is 5.69 Å². The zero-order valence-electron chi connectivity index (χ0n) is 14.2. The number of nitrogens with zero attached hydrogens (tertiary/aromatic N) is 1. The molecule has 1 fully saturated rings. The molecule has 27 heavy (non-hydrogen) atoms. The van der Waals surface area contributed by atoms with Crippen molar-refractivity contribution in [2.45, 2.75) is 17.7 Å². The standard InChI is InChI=1S/C17H18ClN3O4S2/c18-15-6-5-14(26-15)17(23)21-9-7-11(8-10-21)16(22)20-12-1-3-13(4-2-12)27(19,24)25/h1-6,11H,7-10H2,(H,20,22)(H2,19,24,25). The first-order valence-electron chi connectivity index (χ1n) is 8.22. The molecule has 0 aliphatic carbocycles. The van der Waals surface area contributed by atoms with Gasteiger partial charge < -0.3 is 10.2 Å². The Bertz CT molecular complexity index is 949. The van der Waals surface area contributed by atoms with E-state index in [2.05, 4.69) is 5.32 Å². The van der Waals surface area contributed by atoms with Crippen LogP contribution in [0.3, 0.4) is 0 Å². The second-order valence-electron chi connectivity index (χ2n) is 6.23. The van der Waals surface area contributed by atoms with Gasteiger partial charge in [0.2, 0.25) is 15.9 Å². The molecular formula is C17H18ClN3O4S2. The van der Waals surface area contributed by atoms with Gasteiger partial charge in [-0.2, -0.15) is 0 Å². The van der Waals surface area contributed by atoms with Crippen LogP contribution >= 0.6 is 22.9 Å². The molecule has 0 atom stereocenters. The van der Waals surface area contributed by atoms with Crippen LogP contribution in [-0.2, 0) is 14.8 Å². The highest BCUT2D eigenvalue weighted by molar-refractivity contribution is 7.89. The molecule has 10 heteroatoms. The van der Waals surface area contributed by atoms with Crippen molar-refractivity contribution >= 4 is 50.5 Å². The second-order valence-corrected chi connectivity index (χ2v) is 9.51. The molecule has 2 amide bonds. The van der Waals surface area contributed by atoms with Crippen molar-refractivity contribution in [1.82, 2.24) is 4.90 Å². The number of anilines is 1. The fraction of sp³-hybridized carbons (Fsp3) is 0.294. The highest BCUT2D eigenvalue weighted by atomic mass is 35.5. The number of amides is 2. The molecule has 144 valence electrons. The summed E-state index contributed by atoms with van der Waals surface area (Å²) in [4.78, 5) is 27.1. The summed E-state index contributed by atoms with van der Waals surface area (Å²) in [6, 6.07) is 9.09. The number of thiophene rings is 1. The first-order chi connectivity index (χ1) is 12.7. The number of carbonyl (C=O) groups is 2. The number of nitrogens with two attached hydrogens (primary N) is 1. The lowest BCUT2D eigenvalue weighted by molar-refractivity contribution is -0.121. The van der Waals surface area contributed by atoms with Crippen LogP contribution in [-0.4, -0.2) is 38.2 Å². The van der Waals surface area contributed by atoms with Crippen molar-refractivity contribution in [3.63, 3.8) is 0 Å².